The van der Waals surface area contributed by atoms with Gasteiger partial charge in [0.1, 0.15) is 11.3 Å². The molecule has 0 saturated carbocycles. The van der Waals surface area contributed by atoms with Gasteiger partial charge in [0, 0.05) is 55.3 Å². The summed E-state index contributed by atoms with van der Waals surface area (Å²) < 4.78 is 1.63. The molecule has 0 aliphatic carbocycles. The van der Waals surface area contributed by atoms with Crippen LogP contribution in [0.2, 0.25) is 0 Å². The summed E-state index contributed by atoms with van der Waals surface area (Å²) in [4.78, 5) is 6.62. The first-order chi connectivity index (χ1) is 15.9. The predicted octanol–water partition coefficient (Wildman–Crippen LogP) is 3.39. The van der Waals surface area contributed by atoms with E-state index in [4.69, 9.17) is 0 Å². The van der Waals surface area contributed by atoms with Crippen molar-refractivity contribution in [3.63, 3.8) is 0 Å². The highest BCUT2D eigenvalue weighted by atomic mass is 16.3. The number of aromatic nitrogens is 3. The Kier molecular flexibility index (Phi) is 6.15. The van der Waals surface area contributed by atoms with Crippen molar-refractivity contribution in [2.24, 2.45) is 12.5 Å². The third kappa shape index (κ3) is 4.27. The van der Waals surface area contributed by atoms with Gasteiger partial charge in [0.2, 0.25) is 0 Å². The summed E-state index contributed by atoms with van der Waals surface area (Å²) in [5.41, 5.74) is 0.877. The molecule has 1 aliphatic rings. The molecule has 0 radical (unpaired) electrons. The molecule has 2 atom stereocenters. The Morgan fingerprint density at radius 2 is 1.71 bits per heavy atom. The van der Waals surface area contributed by atoms with Crippen molar-refractivity contribution in [3.05, 3.63) is 82.9 Å². The van der Waals surface area contributed by atoms with E-state index in [2.05, 4.69) is 66.8 Å². The molecule has 0 spiro atoms. The standard InChI is InChI=1S/C28H34N4O2/c1-20(2)22-7-9-23(10-8-22)28(34,26(3)18-31(5)19-26)24-15-21(16-29-17-24)11-13-27(4,33)25-12-14-32(6)30-25/h7-10,12,14-17,20,33-34H,18-19H2,1-6H3/t27-,28-/m0/s1. The maximum Gasteiger partial charge on any atom is 0.167 e. The van der Waals surface area contributed by atoms with E-state index < -0.39 is 11.2 Å². The highest BCUT2D eigenvalue weighted by Gasteiger charge is 2.55. The van der Waals surface area contributed by atoms with Crippen LogP contribution in [-0.4, -0.2) is 50.0 Å². The van der Waals surface area contributed by atoms with Gasteiger partial charge >= 0.3 is 0 Å². The van der Waals surface area contributed by atoms with Gasteiger partial charge in [0.25, 0.3) is 0 Å². The molecule has 0 bridgehead atoms. The lowest BCUT2D eigenvalue weighted by atomic mass is 9.62. The second-order valence-corrected chi connectivity index (χ2v) is 10.4. The van der Waals surface area contributed by atoms with Crippen molar-refractivity contribution in [1.82, 2.24) is 19.7 Å². The molecular formula is C28H34N4O2. The second kappa shape index (κ2) is 8.66. The lowest BCUT2D eigenvalue weighted by Crippen LogP contribution is -2.63. The minimum absolute atomic E-state index is 0.381. The van der Waals surface area contributed by atoms with Crippen LogP contribution in [0.1, 0.15) is 61.6 Å². The topological polar surface area (TPSA) is 74.4 Å². The fourth-order valence-electron chi connectivity index (χ4n) is 4.99. The Labute approximate surface area is 202 Å². The molecule has 1 aliphatic heterocycles. The van der Waals surface area contributed by atoms with E-state index in [9.17, 15) is 10.2 Å². The summed E-state index contributed by atoms with van der Waals surface area (Å²) in [6, 6.07) is 11.9. The van der Waals surface area contributed by atoms with Crippen LogP contribution in [0.15, 0.2) is 55.0 Å². The number of hydrogen-bond acceptors (Lipinski definition) is 5. The molecule has 3 heterocycles. The smallest absolute Gasteiger partial charge is 0.167 e. The second-order valence-electron chi connectivity index (χ2n) is 10.4. The summed E-state index contributed by atoms with van der Waals surface area (Å²) in [6.07, 6.45) is 5.15. The Balaban J connectivity index is 1.75. The SMILES string of the molecule is CC(C)c1ccc([C@](O)(c2cncc(C#C[C@](C)(O)c3ccn(C)n3)c2)C2(C)CN(C)C2)cc1. The lowest BCUT2D eigenvalue weighted by Gasteiger charge is -2.55. The van der Waals surface area contributed by atoms with Crippen LogP contribution in [0, 0.1) is 17.3 Å². The van der Waals surface area contributed by atoms with Crippen molar-refractivity contribution in [1.29, 1.82) is 0 Å². The van der Waals surface area contributed by atoms with Gasteiger partial charge in [-0.3, -0.25) is 9.67 Å². The molecule has 2 aromatic heterocycles. The van der Waals surface area contributed by atoms with Crippen LogP contribution in [0.3, 0.4) is 0 Å². The molecule has 2 N–H and O–H groups in total. The highest BCUT2D eigenvalue weighted by molar-refractivity contribution is 5.45. The van der Waals surface area contributed by atoms with E-state index in [1.54, 1.807) is 43.3 Å². The fourth-order valence-corrected chi connectivity index (χ4v) is 4.99. The third-order valence-electron chi connectivity index (χ3n) is 6.93. The van der Waals surface area contributed by atoms with Gasteiger partial charge in [0.15, 0.2) is 5.60 Å². The number of pyridine rings is 1. The number of rotatable bonds is 5. The molecule has 1 aromatic carbocycles. The first-order valence-electron chi connectivity index (χ1n) is 11.7. The monoisotopic (exact) mass is 458 g/mol. The molecule has 1 saturated heterocycles. The third-order valence-corrected chi connectivity index (χ3v) is 6.93. The number of aryl methyl sites for hydroxylation is 1. The van der Waals surface area contributed by atoms with E-state index in [0.717, 1.165) is 18.7 Å². The quantitative estimate of drug-likeness (QED) is 0.574. The van der Waals surface area contributed by atoms with Crippen LogP contribution in [-0.2, 0) is 18.2 Å². The Morgan fingerprint density at radius 1 is 1.03 bits per heavy atom. The van der Waals surface area contributed by atoms with Gasteiger partial charge in [0.05, 0.1) is 0 Å². The Hall–Kier alpha value is -2.98. The average molecular weight is 459 g/mol. The molecule has 0 unspecified atom stereocenters. The Morgan fingerprint density at radius 3 is 2.26 bits per heavy atom. The molecule has 6 nitrogen and oxygen atoms in total. The molecule has 4 rings (SSSR count). The number of benzene rings is 1. The number of likely N-dealkylation sites (tertiary alicyclic amines) is 1. The normalized spacial score (nSPS) is 19.0. The van der Waals surface area contributed by atoms with Gasteiger partial charge in [-0.05, 0) is 43.1 Å². The zero-order chi connectivity index (χ0) is 24.7. The Bertz CT molecular complexity index is 1230. The summed E-state index contributed by atoms with van der Waals surface area (Å²) >= 11 is 0. The van der Waals surface area contributed by atoms with Crippen molar-refractivity contribution >= 4 is 0 Å². The molecule has 34 heavy (non-hydrogen) atoms. The van der Waals surface area contributed by atoms with Crippen molar-refractivity contribution < 1.29 is 10.2 Å². The zero-order valence-corrected chi connectivity index (χ0v) is 20.9. The van der Waals surface area contributed by atoms with Crippen molar-refractivity contribution in [3.8, 4) is 11.8 Å². The predicted molar refractivity (Wildman–Crippen MR) is 133 cm³/mol. The minimum Gasteiger partial charge on any atom is -0.380 e. The van der Waals surface area contributed by atoms with E-state index >= 15 is 0 Å². The molecule has 0 amide bonds. The summed E-state index contributed by atoms with van der Waals surface area (Å²) in [6.45, 7) is 9.59. The van der Waals surface area contributed by atoms with Crippen LogP contribution in [0.5, 0.6) is 0 Å². The van der Waals surface area contributed by atoms with E-state index in [-0.39, 0.29) is 5.41 Å². The van der Waals surface area contributed by atoms with Crippen molar-refractivity contribution in [2.75, 3.05) is 20.1 Å². The number of aliphatic hydroxyl groups is 2. The van der Waals surface area contributed by atoms with Gasteiger partial charge in [-0.2, -0.15) is 5.10 Å². The lowest BCUT2D eigenvalue weighted by molar-refractivity contribution is -0.127. The molecule has 1 fully saturated rings. The summed E-state index contributed by atoms with van der Waals surface area (Å²) in [5, 5.41) is 27.4. The van der Waals surface area contributed by atoms with E-state index in [0.29, 0.717) is 22.7 Å². The zero-order valence-electron chi connectivity index (χ0n) is 20.9. The largest absolute Gasteiger partial charge is 0.380 e. The van der Waals surface area contributed by atoms with Crippen LogP contribution < -0.4 is 0 Å². The van der Waals surface area contributed by atoms with Gasteiger partial charge < -0.3 is 15.1 Å². The summed E-state index contributed by atoms with van der Waals surface area (Å²) in [5.74, 6) is 6.38. The first kappa shape index (κ1) is 24.2. The van der Waals surface area contributed by atoms with Crippen LogP contribution in [0.25, 0.3) is 0 Å². The van der Waals surface area contributed by atoms with Gasteiger partial charge in [-0.1, -0.05) is 56.9 Å². The van der Waals surface area contributed by atoms with Gasteiger partial charge in [-0.15, -0.1) is 0 Å². The van der Waals surface area contributed by atoms with E-state index in [1.807, 2.05) is 18.2 Å². The number of hydrogen-bond donors (Lipinski definition) is 2. The molecule has 178 valence electrons. The van der Waals surface area contributed by atoms with Crippen molar-refractivity contribution in [2.45, 2.75) is 44.8 Å². The molecule has 6 heteroatoms. The van der Waals surface area contributed by atoms with Gasteiger partial charge in [-0.25, -0.2) is 0 Å². The minimum atomic E-state index is -1.40. The fraction of sp³-hybridized carbons (Fsp3) is 0.429. The molecule has 3 aromatic rings. The maximum absolute atomic E-state index is 12.3. The first-order valence-corrected chi connectivity index (χ1v) is 11.7. The van der Waals surface area contributed by atoms with Crippen LogP contribution in [0.4, 0.5) is 0 Å². The maximum atomic E-state index is 12.3. The number of nitrogens with zero attached hydrogens (tertiary/aromatic N) is 4. The summed E-state index contributed by atoms with van der Waals surface area (Å²) in [7, 11) is 3.86. The van der Waals surface area contributed by atoms with E-state index in [1.165, 1.54) is 5.56 Å². The highest BCUT2D eigenvalue weighted by Crippen LogP contribution is 2.50. The average Bonchev–Trinajstić information content (AvgIpc) is 3.24. The van der Waals surface area contributed by atoms with Crippen LogP contribution >= 0.6 is 0 Å². The molecular weight excluding hydrogens is 424 g/mol.